The minimum absolute atomic E-state index is 0.631. The molecule has 1 saturated carbocycles. The van der Waals surface area contributed by atoms with E-state index in [1.807, 2.05) is 0 Å². The van der Waals surface area contributed by atoms with Crippen LogP contribution in [0.3, 0.4) is 0 Å². The summed E-state index contributed by atoms with van der Waals surface area (Å²) in [4.78, 5) is 3.27. The van der Waals surface area contributed by atoms with E-state index in [1.54, 1.807) is 20.9 Å². The summed E-state index contributed by atoms with van der Waals surface area (Å²) < 4.78 is 0. The highest BCUT2D eigenvalue weighted by Gasteiger charge is 2.34. The van der Waals surface area contributed by atoms with Crippen LogP contribution in [0.25, 0.3) is 5.57 Å². The largest absolute Gasteiger partial charge is 0.144 e. The van der Waals surface area contributed by atoms with Gasteiger partial charge < -0.3 is 0 Å². The van der Waals surface area contributed by atoms with Gasteiger partial charge in [0.1, 0.15) is 0 Å². The molecule has 114 valence electrons. The molecule has 1 heteroatoms. The molecule has 0 radical (unpaired) electrons. The lowest BCUT2D eigenvalue weighted by Gasteiger charge is -2.30. The van der Waals surface area contributed by atoms with E-state index < -0.39 is 0 Å². The van der Waals surface area contributed by atoms with Gasteiger partial charge in [-0.05, 0) is 60.6 Å². The van der Waals surface area contributed by atoms with E-state index in [4.69, 9.17) is 0 Å². The SMILES string of the molecule is C=C(CCC)c1c(C2CCC2=C)sc2c1CC(C)CC2C. The molecule has 0 spiro atoms. The first-order chi connectivity index (χ1) is 10.0. The first kappa shape index (κ1) is 15.1. The molecule has 0 amide bonds. The molecular weight excluding hydrogens is 272 g/mol. The topological polar surface area (TPSA) is 0 Å². The quantitative estimate of drug-likeness (QED) is 0.544. The number of allylic oxidation sites excluding steroid dienone is 2. The molecular formula is C20H28S. The van der Waals surface area contributed by atoms with Crippen molar-refractivity contribution in [2.45, 2.75) is 71.1 Å². The minimum Gasteiger partial charge on any atom is -0.144 e. The first-order valence-electron chi connectivity index (χ1n) is 8.54. The third kappa shape index (κ3) is 2.54. The summed E-state index contributed by atoms with van der Waals surface area (Å²) in [6.07, 6.45) is 7.46. The zero-order valence-corrected chi connectivity index (χ0v) is 14.6. The summed E-state index contributed by atoms with van der Waals surface area (Å²) in [5.74, 6) is 2.17. The third-order valence-electron chi connectivity index (χ3n) is 5.29. The predicted molar refractivity (Wildman–Crippen MR) is 95.3 cm³/mol. The van der Waals surface area contributed by atoms with Gasteiger partial charge >= 0.3 is 0 Å². The van der Waals surface area contributed by atoms with Crippen molar-refractivity contribution in [3.05, 3.63) is 39.6 Å². The van der Waals surface area contributed by atoms with Gasteiger partial charge in [0.05, 0.1) is 0 Å². The molecule has 0 N–H and O–H groups in total. The molecule has 0 nitrogen and oxygen atoms in total. The van der Waals surface area contributed by atoms with Crippen molar-refractivity contribution in [3.8, 4) is 0 Å². The molecule has 0 aliphatic heterocycles. The Labute approximate surface area is 134 Å². The number of hydrogen-bond donors (Lipinski definition) is 0. The lowest BCUT2D eigenvalue weighted by atomic mass is 9.75. The highest BCUT2D eigenvalue weighted by Crippen LogP contribution is 2.52. The Hall–Kier alpha value is -0.820. The van der Waals surface area contributed by atoms with Gasteiger partial charge in [0.15, 0.2) is 0 Å². The molecule has 0 aromatic carbocycles. The van der Waals surface area contributed by atoms with Crippen molar-refractivity contribution in [2.24, 2.45) is 5.92 Å². The van der Waals surface area contributed by atoms with Crippen molar-refractivity contribution < 1.29 is 0 Å². The van der Waals surface area contributed by atoms with E-state index in [-0.39, 0.29) is 0 Å². The van der Waals surface area contributed by atoms with Crippen molar-refractivity contribution >= 4 is 16.9 Å². The Bertz CT molecular complexity index is 575. The maximum absolute atomic E-state index is 4.45. The fourth-order valence-corrected chi connectivity index (χ4v) is 5.75. The fourth-order valence-electron chi connectivity index (χ4n) is 4.12. The van der Waals surface area contributed by atoms with Gasteiger partial charge in [0.25, 0.3) is 0 Å². The molecule has 3 atom stereocenters. The molecule has 1 fully saturated rings. The average molecular weight is 301 g/mol. The van der Waals surface area contributed by atoms with Gasteiger partial charge in [-0.25, -0.2) is 0 Å². The van der Waals surface area contributed by atoms with Crippen molar-refractivity contribution in [1.82, 2.24) is 0 Å². The normalized spacial score (nSPS) is 28.1. The number of thiophene rings is 1. The number of rotatable bonds is 4. The second-order valence-corrected chi connectivity index (χ2v) is 8.32. The zero-order valence-electron chi connectivity index (χ0n) is 13.8. The molecule has 0 bridgehead atoms. The third-order valence-corrected chi connectivity index (χ3v) is 6.87. The summed E-state index contributed by atoms with van der Waals surface area (Å²) in [7, 11) is 0. The van der Waals surface area contributed by atoms with E-state index in [9.17, 15) is 0 Å². The van der Waals surface area contributed by atoms with Crippen LogP contribution in [0.4, 0.5) is 0 Å². The Morgan fingerprint density at radius 1 is 1.29 bits per heavy atom. The Kier molecular flexibility index (Phi) is 4.14. The summed E-state index contributed by atoms with van der Waals surface area (Å²) >= 11 is 2.09. The summed E-state index contributed by atoms with van der Waals surface area (Å²) in [5.41, 5.74) is 6.03. The second-order valence-electron chi connectivity index (χ2n) is 7.23. The Morgan fingerprint density at radius 3 is 2.62 bits per heavy atom. The molecule has 1 aromatic heterocycles. The van der Waals surface area contributed by atoms with Crippen molar-refractivity contribution in [2.75, 3.05) is 0 Å². The van der Waals surface area contributed by atoms with Gasteiger partial charge in [0, 0.05) is 15.7 Å². The van der Waals surface area contributed by atoms with Gasteiger partial charge in [-0.15, -0.1) is 11.3 Å². The summed E-state index contributed by atoms with van der Waals surface area (Å²) in [5, 5.41) is 0. The summed E-state index contributed by atoms with van der Waals surface area (Å²) in [6, 6.07) is 0. The van der Waals surface area contributed by atoms with E-state index in [2.05, 4.69) is 45.3 Å². The van der Waals surface area contributed by atoms with Crippen LogP contribution in [0, 0.1) is 5.92 Å². The molecule has 1 aromatic rings. The number of fused-ring (bicyclic) bond motifs is 1. The molecule has 2 aliphatic carbocycles. The van der Waals surface area contributed by atoms with Crippen LogP contribution in [0.15, 0.2) is 18.7 Å². The van der Waals surface area contributed by atoms with Gasteiger partial charge in [-0.1, -0.05) is 45.9 Å². The minimum atomic E-state index is 0.631. The maximum Gasteiger partial charge on any atom is 0.0197 e. The molecule has 3 rings (SSSR count). The second kappa shape index (κ2) is 5.76. The summed E-state index contributed by atoms with van der Waals surface area (Å²) in [6.45, 7) is 15.8. The zero-order chi connectivity index (χ0) is 15.1. The fraction of sp³-hybridized carbons (Fsp3) is 0.600. The molecule has 0 saturated heterocycles. The first-order valence-corrected chi connectivity index (χ1v) is 9.35. The van der Waals surface area contributed by atoms with Crippen LogP contribution < -0.4 is 0 Å². The van der Waals surface area contributed by atoms with Gasteiger partial charge in [0.2, 0.25) is 0 Å². The molecule has 1 heterocycles. The van der Waals surface area contributed by atoms with Crippen LogP contribution in [0.5, 0.6) is 0 Å². The molecule has 2 aliphatic rings. The molecule has 21 heavy (non-hydrogen) atoms. The van der Waals surface area contributed by atoms with Crippen LogP contribution in [0.1, 0.15) is 85.6 Å². The van der Waals surface area contributed by atoms with E-state index in [0.29, 0.717) is 5.92 Å². The van der Waals surface area contributed by atoms with Crippen molar-refractivity contribution in [1.29, 1.82) is 0 Å². The van der Waals surface area contributed by atoms with Crippen LogP contribution in [-0.2, 0) is 6.42 Å². The highest BCUT2D eigenvalue weighted by molar-refractivity contribution is 7.12. The van der Waals surface area contributed by atoms with Gasteiger partial charge in [-0.3, -0.25) is 0 Å². The predicted octanol–water partition coefficient (Wildman–Crippen LogP) is 6.68. The van der Waals surface area contributed by atoms with E-state index in [0.717, 1.165) is 18.3 Å². The highest BCUT2D eigenvalue weighted by atomic mass is 32.1. The maximum atomic E-state index is 4.45. The average Bonchev–Trinajstić information content (AvgIpc) is 2.76. The van der Waals surface area contributed by atoms with Crippen LogP contribution >= 0.6 is 11.3 Å². The van der Waals surface area contributed by atoms with Gasteiger partial charge in [-0.2, -0.15) is 0 Å². The van der Waals surface area contributed by atoms with Crippen LogP contribution in [0.2, 0.25) is 0 Å². The van der Waals surface area contributed by atoms with E-state index >= 15 is 0 Å². The molecule has 3 unspecified atom stereocenters. The lowest BCUT2D eigenvalue weighted by Crippen LogP contribution is -2.15. The smallest absolute Gasteiger partial charge is 0.0197 e. The standard InChI is InChI=1S/C20H28S/c1-6-7-14(4)18-17-11-12(2)10-15(5)19(17)21-20(18)16-9-8-13(16)3/h12,15-16H,3-4,6-11H2,1-2,5H3. The van der Waals surface area contributed by atoms with E-state index in [1.165, 1.54) is 43.3 Å². The number of hydrogen-bond acceptors (Lipinski definition) is 1. The Morgan fingerprint density at radius 2 is 2.05 bits per heavy atom. The van der Waals surface area contributed by atoms with Crippen molar-refractivity contribution in [3.63, 3.8) is 0 Å². The monoisotopic (exact) mass is 300 g/mol. The van der Waals surface area contributed by atoms with Crippen LogP contribution in [-0.4, -0.2) is 0 Å². The lowest BCUT2D eigenvalue weighted by molar-refractivity contribution is 0.455. The Balaban J connectivity index is 2.09.